The van der Waals surface area contributed by atoms with Crippen LogP contribution in [0.5, 0.6) is 0 Å². The van der Waals surface area contributed by atoms with E-state index in [1.165, 1.54) is 0 Å². The maximum absolute atomic E-state index is 12.8. The second-order valence-corrected chi connectivity index (χ2v) is 5.91. The van der Waals surface area contributed by atoms with Gasteiger partial charge in [-0.15, -0.1) is 0 Å². The summed E-state index contributed by atoms with van der Waals surface area (Å²) < 4.78 is 0. The van der Waals surface area contributed by atoms with Crippen molar-refractivity contribution in [1.29, 1.82) is 0 Å². The monoisotopic (exact) mass is 313 g/mol. The third-order valence-corrected chi connectivity index (χ3v) is 4.09. The molecule has 2 atom stereocenters. The lowest BCUT2D eigenvalue weighted by Crippen LogP contribution is -2.49. The second-order valence-electron chi connectivity index (χ2n) is 5.91. The highest BCUT2D eigenvalue weighted by molar-refractivity contribution is 5.87. The van der Waals surface area contributed by atoms with Gasteiger partial charge in [0.05, 0.1) is 12.6 Å². The predicted molar refractivity (Wildman–Crippen MR) is 89.6 cm³/mol. The number of nitrogens with one attached hydrogen (secondary N) is 1. The number of carbonyl (C=O) groups excluding carboxylic acids is 1. The maximum atomic E-state index is 12.8. The van der Waals surface area contributed by atoms with Crippen molar-refractivity contribution in [2.75, 3.05) is 6.61 Å². The zero-order valence-corrected chi connectivity index (χ0v) is 13.4. The van der Waals surface area contributed by atoms with E-state index in [0.29, 0.717) is 5.56 Å². The average molecular weight is 313 g/mol. The molecule has 0 aliphatic heterocycles. The third-order valence-electron chi connectivity index (χ3n) is 4.09. The summed E-state index contributed by atoms with van der Waals surface area (Å²) in [5, 5.41) is 23.4. The Labute approximate surface area is 136 Å². The van der Waals surface area contributed by atoms with Crippen LogP contribution >= 0.6 is 0 Å². The molecule has 0 aliphatic rings. The summed E-state index contributed by atoms with van der Waals surface area (Å²) in [7, 11) is 0. The Bertz CT molecular complexity index is 628. The zero-order valence-electron chi connectivity index (χ0n) is 13.4. The first kappa shape index (κ1) is 17.2. The molecule has 0 aromatic heterocycles. The molecule has 0 radical (unpaired) electrons. The summed E-state index contributed by atoms with van der Waals surface area (Å²) >= 11 is 0. The van der Waals surface area contributed by atoms with Gasteiger partial charge >= 0.3 is 0 Å². The van der Waals surface area contributed by atoms with Gasteiger partial charge in [0.25, 0.3) is 5.91 Å². The minimum atomic E-state index is -1.65. The van der Waals surface area contributed by atoms with E-state index in [0.717, 1.165) is 5.56 Å². The van der Waals surface area contributed by atoms with Gasteiger partial charge < -0.3 is 15.5 Å². The molecule has 4 nitrogen and oxygen atoms in total. The summed E-state index contributed by atoms with van der Waals surface area (Å²) in [6, 6.07) is 17.5. The van der Waals surface area contributed by atoms with Crippen molar-refractivity contribution in [3.8, 4) is 0 Å². The molecular weight excluding hydrogens is 290 g/mol. The fourth-order valence-electron chi connectivity index (χ4n) is 2.61. The lowest BCUT2D eigenvalue weighted by atomic mass is 9.82. The first-order valence-corrected chi connectivity index (χ1v) is 7.74. The molecule has 23 heavy (non-hydrogen) atoms. The lowest BCUT2D eigenvalue weighted by molar-refractivity contribution is -0.147. The lowest BCUT2D eigenvalue weighted by Gasteiger charge is -2.33. The molecule has 122 valence electrons. The van der Waals surface area contributed by atoms with Gasteiger partial charge in [-0.1, -0.05) is 74.5 Å². The Morgan fingerprint density at radius 2 is 1.57 bits per heavy atom. The molecule has 2 rings (SSSR count). The van der Waals surface area contributed by atoms with Gasteiger partial charge in [0.2, 0.25) is 0 Å². The molecule has 0 saturated heterocycles. The first-order chi connectivity index (χ1) is 11.0. The van der Waals surface area contributed by atoms with Crippen molar-refractivity contribution in [3.05, 3.63) is 71.8 Å². The Kier molecular flexibility index (Phi) is 5.53. The molecule has 4 heteroatoms. The SMILES string of the molecule is CC(C)C(O)(C(=O)N[C@@H](CO)c1ccccc1)c1ccccc1. The van der Waals surface area contributed by atoms with Crippen molar-refractivity contribution in [2.24, 2.45) is 5.92 Å². The summed E-state index contributed by atoms with van der Waals surface area (Å²) in [5.74, 6) is -0.832. The summed E-state index contributed by atoms with van der Waals surface area (Å²) in [4.78, 5) is 12.8. The van der Waals surface area contributed by atoms with E-state index in [1.54, 1.807) is 38.1 Å². The predicted octanol–water partition coefficient (Wildman–Crippen LogP) is 2.38. The number of amides is 1. The van der Waals surface area contributed by atoms with Crippen LogP contribution in [0.4, 0.5) is 0 Å². The zero-order chi connectivity index (χ0) is 16.9. The molecule has 2 aromatic rings. The van der Waals surface area contributed by atoms with Crippen LogP contribution in [0.25, 0.3) is 0 Å². The van der Waals surface area contributed by atoms with Gasteiger partial charge in [0, 0.05) is 0 Å². The van der Waals surface area contributed by atoms with Crippen LogP contribution in [0.15, 0.2) is 60.7 Å². The molecular formula is C19H23NO3. The van der Waals surface area contributed by atoms with Crippen LogP contribution in [0.1, 0.15) is 31.0 Å². The van der Waals surface area contributed by atoms with Gasteiger partial charge in [-0.05, 0) is 17.0 Å². The first-order valence-electron chi connectivity index (χ1n) is 7.74. The highest BCUT2D eigenvalue weighted by atomic mass is 16.3. The number of hydrogen-bond donors (Lipinski definition) is 3. The van der Waals surface area contributed by atoms with Crippen LogP contribution < -0.4 is 5.32 Å². The van der Waals surface area contributed by atoms with E-state index in [1.807, 2.05) is 36.4 Å². The van der Waals surface area contributed by atoms with E-state index < -0.39 is 17.6 Å². The molecule has 0 heterocycles. The minimum Gasteiger partial charge on any atom is -0.394 e. The second kappa shape index (κ2) is 7.40. The van der Waals surface area contributed by atoms with Crippen LogP contribution in [0.2, 0.25) is 0 Å². The highest BCUT2D eigenvalue weighted by Gasteiger charge is 2.41. The smallest absolute Gasteiger partial charge is 0.257 e. The summed E-state index contributed by atoms with van der Waals surface area (Å²) in [5.41, 5.74) is -0.316. The van der Waals surface area contributed by atoms with Gasteiger partial charge in [-0.3, -0.25) is 4.79 Å². The molecule has 0 aliphatic carbocycles. The summed E-state index contributed by atoms with van der Waals surface area (Å²) in [6.07, 6.45) is 0. The fourth-order valence-corrected chi connectivity index (χ4v) is 2.61. The van der Waals surface area contributed by atoms with E-state index in [2.05, 4.69) is 5.32 Å². The number of hydrogen-bond acceptors (Lipinski definition) is 3. The van der Waals surface area contributed by atoms with Crippen molar-refractivity contribution in [2.45, 2.75) is 25.5 Å². The quantitative estimate of drug-likeness (QED) is 0.767. The molecule has 1 unspecified atom stereocenters. The minimum absolute atomic E-state index is 0.237. The third kappa shape index (κ3) is 3.60. The number of rotatable bonds is 6. The van der Waals surface area contributed by atoms with E-state index in [9.17, 15) is 15.0 Å². The topological polar surface area (TPSA) is 69.6 Å². The Hall–Kier alpha value is -2.17. The number of benzene rings is 2. The largest absolute Gasteiger partial charge is 0.394 e. The molecule has 2 aromatic carbocycles. The molecule has 0 saturated carbocycles. The number of carbonyl (C=O) groups is 1. The molecule has 0 bridgehead atoms. The van der Waals surface area contributed by atoms with Crippen molar-refractivity contribution in [3.63, 3.8) is 0 Å². The Balaban J connectivity index is 2.28. The number of aliphatic hydroxyl groups is 2. The normalized spacial score (nSPS) is 15.0. The molecule has 0 fully saturated rings. The standard InChI is InChI=1S/C19H23NO3/c1-14(2)19(23,16-11-7-4-8-12-16)18(22)20-17(13-21)15-9-5-3-6-10-15/h3-12,14,17,21,23H,13H2,1-2H3,(H,20,22)/t17-,19?/m0/s1. The maximum Gasteiger partial charge on any atom is 0.257 e. The average Bonchev–Trinajstić information content (AvgIpc) is 2.60. The Morgan fingerprint density at radius 1 is 1.04 bits per heavy atom. The van der Waals surface area contributed by atoms with Gasteiger partial charge in [0.15, 0.2) is 5.60 Å². The highest BCUT2D eigenvalue weighted by Crippen LogP contribution is 2.30. The van der Waals surface area contributed by atoms with Crippen molar-refractivity contribution in [1.82, 2.24) is 5.32 Å². The van der Waals surface area contributed by atoms with Crippen molar-refractivity contribution < 1.29 is 15.0 Å². The summed E-state index contributed by atoms with van der Waals surface area (Å²) in [6.45, 7) is 3.35. The van der Waals surface area contributed by atoms with Gasteiger partial charge in [-0.2, -0.15) is 0 Å². The number of aliphatic hydroxyl groups excluding tert-OH is 1. The molecule has 1 amide bonds. The van der Waals surface area contributed by atoms with Gasteiger partial charge in [0.1, 0.15) is 0 Å². The molecule has 3 N–H and O–H groups in total. The van der Waals surface area contributed by atoms with Crippen LogP contribution in [0, 0.1) is 5.92 Å². The van der Waals surface area contributed by atoms with E-state index in [-0.39, 0.29) is 12.5 Å². The van der Waals surface area contributed by atoms with Crippen LogP contribution in [-0.2, 0) is 10.4 Å². The van der Waals surface area contributed by atoms with Crippen LogP contribution in [0.3, 0.4) is 0 Å². The van der Waals surface area contributed by atoms with E-state index >= 15 is 0 Å². The van der Waals surface area contributed by atoms with Gasteiger partial charge in [-0.25, -0.2) is 0 Å². The fraction of sp³-hybridized carbons (Fsp3) is 0.316. The van der Waals surface area contributed by atoms with E-state index in [4.69, 9.17) is 0 Å². The molecule has 0 spiro atoms. The van der Waals surface area contributed by atoms with Crippen LogP contribution in [-0.4, -0.2) is 22.7 Å². The van der Waals surface area contributed by atoms with Crippen molar-refractivity contribution >= 4 is 5.91 Å². The Morgan fingerprint density at radius 3 is 2.04 bits per heavy atom.